The van der Waals surface area contributed by atoms with Gasteiger partial charge in [0.25, 0.3) is 5.69 Å². The van der Waals surface area contributed by atoms with Crippen LogP contribution in [0.2, 0.25) is 0 Å². The van der Waals surface area contributed by atoms with Crippen LogP contribution in [-0.4, -0.2) is 18.0 Å². The molecule has 0 radical (unpaired) electrons. The van der Waals surface area contributed by atoms with Crippen molar-refractivity contribution in [3.05, 3.63) is 38.3 Å². The number of carbonyl (C=O) groups is 1. The smallest absolute Gasteiger partial charge is 0.337 e. The lowest BCUT2D eigenvalue weighted by molar-refractivity contribution is -0.385. The fraction of sp³-hybridized carbons (Fsp3) is 0.125. The summed E-state index contributed by atoms with van der Waals surface area (Å²) < 4.78 is 4.72. The summed E-state index contributed by atoms with van der Waals surface area (Å²) in [6.45, 7) is 0. The van der Waals surface area contributed by atoms with Gasteiger partial charge in [-0.25, -0.2) is 4.79 Å². The van der Waals surface area contributed by atoms with Crippen molar-refractivity contribution in [2.24, 2.45) is 0 Å². The number of ether oxygens (including phenoxy) is 1. The Bertz CT molecular complexity index is 391. The molecule has 74 valence electrons. The highest BCUT2D eigenvalue weighted by molar-refractivity contribution is 9.10. The van der Waals surface area contributed by atoms with Crippen molar-refractivity contribution >= 4 is 27.6 Å². The predicted molar refractivity (Wildman–Crippen MR) is 52.1 cm³/mol. The molecule has 0 saturated heterocycles. The molecular weight excluding hydrogens is 254 g/mol. The SMILES string of the molecule is COC(=O)c1ccc([N+](=O)[O-])c(Br)c1. The van der Waals surface area contributed by atoms with Crippen LogP contribution in [0.5, 0.6) is 0 Å². The molecule has 0 aliphatic rings. The quantitative estimate of drug-likeness (QED) is 0.464. The number of methoxy groups -OCH3 is 1. The van der Waals surface area contributed by atoms with Crippen molar-refractivity contribution in [1.82, 2.24) is 0 Å². The van der Waals surface area contributed by atoms with Gasteiger partial charge in [0.15, 0.2) is 0 Å². The van der Waals surface area contributed by atoms with Crippen LogP contribution in [0, 0.1) is 10.1 Å². The van der Waals surface area contributed by atoms with E-state index in [0.717, 1.165) is 0 Å². The number of nitrogens with zero attached hydrogens (tertiary/aromatic N) is 1. The fourth-order valence-corrected chi connectivity index (χ4v) is 1.42. The molecule has 0 bridgehead atoms. The lowest BCUT2D eigenvalue weighted by Crippen LogP contribution is -2.01. The first-order valence-corrected chi connectivity index (χ1v) is 4.38. The van der Waals surface area contributed by atoms with Crippen molar-refractivity contribution in [2.75, 3.05) is 7.11 Å². The third-order valence-electron chi connectivity index (χ3n) is 1.57. The molecule has 0 aromatic heterocycles. The zero-order chi connectivity index (χ0) is 10.7. The largest absolute Gasteiger partial charge is 0.465 e. The summed E-state index contributed by atoms with van der Waals surface area (Å²) in [4.78, 5) is 20.9. The van der Waals surface area contributed by atoms with Gasteiger partial charge in [0.2, 0.25) is 0 Å². The Kier molecular flexibility index (Phi) is 3.19. The zero-order valence-corrected chi connectivity index (χ0v) is 8.78. The van der Waals surface area contributed by atoms with E-state index in [0.29, 0.717) is 0 Å². The third-order valence-corrected chi connectivity index (χ3v) is 2.20. The number of benzene rings is 1. The van der Waals surface area contributed by atoms with Crippen molar-refractivity contribution in [3.8, 4) is 0 Å². The van der Waals surface area contributed by atoms with Crippen LogP contribution in [-0.2, 0) is 4.74 Å². The lowest BCUT2D eigenvalue weighted by Gasteiger charge is -1.99. The number of nitro groups is 1. The average molecular weight is 260 g/mol. The van der Waals surface area contributed by atoms with Crippen molar-refractivity contribution in [2.45, 2.75) is 0 Å². The summed E-state index contributed by atoms with van der Waals surface area (Å²) in [5.41, 5.74) is 0.183. The van der Waals surface area contributed by atoms with Crippen LogP contribution < -0.4 is 0 Å². The van der Waals surface area contributed by atoms with E-state index in [1.807, 2.05) is 0 Å². The van der Waals surface area contributed by atoms with Gasteiger partial charge >= 0.3 is 5.97 Å². The minimum atomic E-state index is -0.537. The molecule has 1 aromatic rings. The van der Waals surface area contributed by atoms with Crippen molar-refractivity contribution in [1.29, 1.82) is 0 Å². The first-order valence-electron chi connectivity index (χ1n) is 3.58. The Balaban J connectivity index is 3.12. The van der Waals surface area contributed by atoms with Crippen LogP contribution in [0.1, 0.15) is 10.4 Å². The van der Waals surface area contributed by atoms with Crippen LogP contribution in [0.25, 0.3) is 0 Å². The van der Waals surface area contributed by atoms with Gasteiger partial charge in [-0.1, -0.05) is 0 Å². The normalized spacial score (nSPS) is 9.57. The number of nitro benzene ring substituents is 1. The minimum absolute atomic E-state index is 0.0855. The Hall–Kier alpha value is -1.43. The zero-order valence-electron chi connectivity index (χ0n) is 7.19. The van der Waals surface area contributed by atoms with E-state index in [1.54, 1.807) is 0 Å². The van der Waals surface area contributed by atoms with Crippen molar-refractivity contribution in [3.63, 3.8) is 0 Å². The van der Waals surface area contributed by atoms with E-state index in [-0.39, 0.29) is 15.7 Å². The maximum atomic E-state index is 11.0. The number of halogens is 1. The molecule has 0 aliphatic heterocycles. The highest BCUT2D eigenvalue weighted by Crippen LogP contribution is 2.25. The Morgan fingerprint density at radius 2 is 2.21 bits per heavy atom. The molecule has 0 N–H and O–H groups in total. The Labute approximate surface area is 88.0 Å². The Morgan fingerprint density at radius 1 is 1.57 bits per heavy atom. The molecule has 0 amide bonds. The van der Waals surface area contributed by atoms with Crippen molar-refractivity contribution < 1.29 is 14.5 Å². The molecule has 0 saturated carbocycles. The highest BCUT2D eigenvalue weighted by atomic mass is 79.9. The number of carbonyl (C=O) groups excluding carboxylic acids is 1. The van der Waals surface area contributed by atoms with Crippen LogP contribution in [0.15, 0.2) is 22.7 Å². The van der Waals surface area contributed by atoms with E-state index < -0.39 is 10.9 Å². The van der Waals surface area contributed by atoms with Crippen LogP contribution >= 0.6 is 15.9 Å². The number of esters is 1. The lowest BCUT2D eigenvalue weighted by atomic mass is 10.2. The molecule has 0 spiro atoms. The second kappa shape index (κ2) is 4.19. The topological polar surface area (TPSA) is 69.4 Å². The number of rotatable bonds is 2. The molecule has 5 nitrogen and oxygen atoms in total. The minimum Gasteiger partial charge on any atom is -0.465 e. The molecule has 0 fully saturated rings. The Morgan fingerprint density at radius 3 is 2.64 bits per heavy atom. The fourth-order valence-electron chi connectivity index (χ4n) is 0.900. The molecule has 0 aliphatic carbocycles. The molecule has 1 rings (SSSR count). The summed E-state index contributed by atoms with van der Waals surface area (Å²) in [6.07, 6.45) is 0. The molecule has 14 heavy (non-hydrogen) atoms. The summed E-state index contributed by atoms with van der Waals surface area (Å²) in [6, 6.07) is 3.94. The van der Waals surface area contributed by atoms with Gasteiger partial charge in [-0.3, -0.25) is 10.1 Å². The summed E-state index contributed by atoms with van der Waals surface area (Å²) in [7, 11) is 1.25. The summed E-state index contributed by atoms with van der Waals surface area (Å²) in [5, 5.41) is 10.4. The van der Waals surface area contributed by atoms with E-state index >= 15 is 0 Å². The van der Waals surface area contributed by atoms with Gasteiger partial charge in [0.05, 0.1) is 22.1 Å². The van der Waals surface area contributed by atoms with E-state index in [2.05, 4.69) is 20.7 Å². The highest BCUT2D eigenvalue weighted by Gasteiger charge is 2.14. The second-order valence-corrected chi connectivity index (χ2v) is 3.27. The second-order valence-electron chi connectivity index (χ2n) is 2.41. The number of hydrogen-bond acceptors (Lipinski definition) is 4. The van der Waals surface area contributed by atoms with Crippen LogP contribution in [0.4, 0.5) is 5.69 Å². The molecular formula is C8H6BrNO4. The van der Waals surface area contributed by atoms with E-state index in [9.17, 15) is 14.9 Å². The monoisotopic (exact) mass is 259 g/mol. The maximum Gasteiger partial charge on any atom is 0.337 e. The van der Waals surface area contributed by atoms with Crippen LogP contribution in [0.3, 0.4) is 0 Å². The van der Waals surface area contributed by atoms with Gasteiger partial charge in [-0.05, 0) is 28.1 Å². The average Bonchev–Trinajstić information content (AvgIpc) is 2.15. The first kappa shape index (κ1) is 10.6. The van der Waals surface area contributed by atoms with E-state index in [4.69, 9.17) is 0 Å². The maximum absolute atomic E-state index is 11.0. The van der Waals surface area contributed by atoms with Gasteiger partial charge in [-0.15, -0.1) is 0 Å². The van der Waals surface area contributed by atoms with Gasteiger partial charge in [0.1, 0.15) is 0 Å². The molecule has 0 unspecified atom stereocenters. The first-order chi connectivity index (χ1) is 6.56. The van der Waals surface area contributed by atoms with Gasteiger partial charge in [0, 0.05) is 6.07 Å². The molecule has 6 heteroatoms. The predicted octanol–water partition coefficient (Wildman–Crippen LogP) is 2.14. The summed E-state index contributed by atoms with van der Waals surface area (Å²) >= 11 is 3.00. The van der Waals surface area contributed by atoms with E-state index in [1.165, 1.54) is 25.3 Å². The molecule has 1 aromatic carbocycles. The van der Waals surface area contributed by atoms with Gasteiger partial charge in [-0.2, -0.15) is 0 Å². The third kappa shape index (κ3) is 2.08. The number of hydrogen-bond donors (Lipinski definition) is 0. The van der Waals surface area contributed by atoms with Gasteiger partial charge < -0.3 is 4.74 Å². The molecule has 0 heterocycles. The summed E-state index contributed by atoms with van der Waals surface area (Å²) in [5.74, 6) is -0.527. The molecule has 0 atom stereocenters. The standard InChI is InChI=1S/C8H6BrNO4/c1-14-8(11)5-2-3-7(10(12)13)6(9)4-5/h2-4H,1H3.